The van der Waals surface area contributed by atoms with Gasteiger partial charge in [0.1, 0.15) is 19.0 Å². The maximum atomic E-state index is 12.6. The van der Waals surface area contributed by atoms with Crippen LogP contribution < -0.4 is 19.5 Å². The third-order valence-corrected chi connectivity index (χ3v) is 4.60. The summed E-state index contributed by atoms with van der Waals surface area (Å²) >= 11 is 12.1. The van der Waals surface area contributed by atoms with Crippen LogP contribution in [0.15, 0.2) is 66.7 Å². The van der Waals surface area contributed by atoms with Crippen LogP contribution >= 0.6 is 23.2 Å². The first kappa shape index (κ1) is 21.8. The normalized spacial score (nSPS) is 10.4. The second kappa shape index (κ2) is 10.8. The number of hydrogen-bond donors (Lipinski definition) is 1. The summed E-state index contributed by atoms with van der Waals surface area (Å²) in [6.07, 6.45) is 0. The zero-order valence-electron chi connectivity index (χ0n) is 16.4. The van der Waals surface area contributed by atoms with Gasteiger partial charge in [0.2, 0.25) is 0 Å². The molecule has 0 unspecified atom stereocenters. The zero-order chi connectivity index (χ0) is 21.3. The number of hydrogen-bond acceptors (Lipinski definition) is 4. The third kappa shape index (κ3) is 6.05. The van der Waals surface area contributed by atoms with E-state index in [0.29, 0.717) is 52.6 Å². The summed E-state index contributed by atoms with van der Waals surface area (Å²) in [6, 6.07) is 19.4. The molecule has 0 aliphatic carbocycles. The van der Waals surface area contributed by atoms with Gasteiger partial charge in [0.05, 0.1) is 17.3 Å². The van der Waals surface area contributed by atoms with Crippen molar-refractivity contribution in [3.05, 3.63) is 82.3 Å². The molecular weight excluding hydrogens is 425 g/mol. The molecule has 0 aliphatic rings. The first-order valence-corrected chi connectivity index (χ1v) is 10.2. The Balaban J connectivity index is 1.64. The van der Waals surface area contributed by atoms with E-state index < -0.39 is 0 Å². The van der Waals surface area contributed by atoms with Crippen LogP contribution in [0.1, 0.15) is 17.3 Å². The molecule has 0 bridgehead atoms. The monoisotopic (exact) mass is 445 g/mol. The Hall–Kier alpha value is -2.89. The molecular formula is C23H21Cl2NO4. The van der Waals surface area contributed by atoms with Crippen LogP contribution in [0.5, 0.6) is 17.2 Å². The lowest BCUT2D eigenvalue weighted by Gasteiger charge is -2.14. The first-order valence-electron chi connectivity index (χ1n) is 9.40. The summed E-state index contributed by atoms with van der Waals surface area (Å²) in [5, 5.41) is 3.63. The van der Waals surface area contributed by atoms with Gasteiger partial charge in [-0.15, -0.1) is 0 Å². The number of nitrogens with one attached hydrogen (secondary N) is 1. The maximum Gasteiger partial charge on any atom is 0.255 e. The molecule has 0 aromatic heterocycles. The summed E-state index contributed by atoms with van der Waals surface area (Å²) in [5.74, 6) is 1.45. The van der Waals surface area contributed by atoms with Crippen molar-refractivity contribution in [2.75, 3.05) is 25.1 Å². The molecule has 3 aromatic rings. The van der Waals surface area contributed by atoms with E-state index in [0.717, 1.165) is 5.75 Å². The summed E-state index contributed by atoms with van der Waals surface area (Å²) < 4.78 is 17.0. The Bertz CT molecular complexity index is 996. The molecule has 0 fully saturated rings. The Morgan fingerprint density at radius 3 is 2.40 bits per heavy atom. The standard InChI is InChI=1S/C23H21Cl2NO4/c1-2-28-22-14-16(23(27)26-20-15-17(24)9-10-19(20)25)8-11-21(22)30-13-12-29-18-6-4-3-5-7-18/h3-11,14-15H,2,12-13H2,1H3,(H,26,27). The van der Waals surface area contributed by atoms with Gasteiger partial charge in [-0.05, 0) is 55.5 Å². The van der Waals surface area contributed by atoms with Crippen molar-refractivity contribution in [1.29, 1.82) is 0 Å². The molecule has 5 nitrogen and oxygen atoms in total. The molecule has 7 heteroatoms. The van der Waals surface area contributed by atoms with Gasteiger partial charge in [-0.3, -0.25) is 4.79 Å². The molecule has 156 valence electrons. The molecule has 3 aromatic carbocycles. The average molecular weight is 446 g/mol. The van der Waals surface area contributed by atoms with Crippen LogP contribution in [0.3, 0.4) is 0 Å². The van der Waals surface area contributed by atoms with Gasteiger partial charge in [-0.25, -0.2) is 0 Å². The van der Waals surface area contributed by atoms with Crippen LogP contribution in [0.2, 0.25) is 10.0 Å². The third-order valence-electron chi connectivity index (χ3n) is 4.04. The highest BCUT2D eigenvalue weighted by molar-refractivity contribution is 6.35. The van der Waals surface area contributed by atoms with Gasteiger partial charge >= 0.3 is 0 Å². The predicted octanol–water partition coefficient (Wildman–Crippen LogP) is 6.10. The number of amides is 1. The lowest BCUT2D eigenvalue weighted by atomic mass is 10.1. The number of benzene rings is 3. The van der Waals surface area contributed by atoms with Crippen molar-refractivity contribution in [1.82, 2.24) is 0 Å². The van der Waals surface area contributed by atoms with E-state index in [-0.39, 0.29) is 5.91 Å². The fraction of sp³-hybridized carbons (Fsp3) is 0.174. The molecule has 0 aliphatic heterocycles. The molecule has 0 spiro atoms. The minimum Gasteiger partial charge on any atom is -0.490 e. The quantitative estimate of drug-likeness (QED) is 0.404. The minimum atomic E-state index is -0.334. The van der Waals surface area contributed by atoms with Gasteiger partial charge in [0.15, 0.2) is 11.5 Å². The Kier molecular flexibility index (Phi) is 7.82. The van der Waals surface area contributed by atoms with E-state index in [2.05, 4.69) is 5.32 Å². The van der Waals surface area contributed by atoms with E-state index in [9.17, 15) is 4.79 Å². The molecule has 0 saturated carbocycles. The molecule has 3 rings (SSSR count). The topological polar surface area (TPSA) is 56.8 Å². The molecule has 30 heavy (non-hydrogen) atoms. The number of ether oxygens (including phenoxy) is 3. The second-order valence-corrected chi connectivity index (χ2v) is 7.03. The zero-order valence-corrected chi connectivity index (χ0v) is 17.9. The van der Waals surface area contributed by atoms with Gasteiger partial charge < -0.3 is 19.5 Å². The summed E-state index contributed by atoms with van der Waals surface area (Å²) in [4.78, 5) is 12.6. The van der Waals surface area contributed by atoms with Crippen LogP contribution in [0.4, 0.5) is 5.69 Å². The Morgan fingerprint density at radius 2 is 1.63 bits per heavy atom. The van der Waals surface area contributed by atoms with Crippen molar-refractivity contribution in [2.24, 2.45) is 0 Å². The fourth-order valence-corrected chi connectivity index (χ4v) is 2.99. The molecule has 0 saturated heterocycles. The SMILES string of the molecule is CCOc1cc(C(=O)Nc2cc(Cl)ccc2Cl)ccc1OCCOc1ccccc1. The Labute approximate surface area is 185 Å². The largest absolute Gasteiger partial charge is 0.490 e. The number of para-hydroxylation sites is 1. The molecule has 0 radical (unpaired) electrons. The molecule has 1 N–H and O–H groups in total. The van der Waals surface area contributed by atoms with Crippen molar-refractivity contribution in [2.45, 2.75) is 6.92 Å². The summed E-state index contributed by atoms with van der Waals surface area (Å²) in [6.45, 7) is 3.01. The highest BCUT2D eigenvalue weighted by Gasteiger charge is 2.13. The maximum absolute atomic E-state index is 12.6. The van der Waals surface area contributed by atoms with E-state index in [1.165, 1.54) is 0 Å². The van der Waals surface area contributed by atoms with E-state index in [1.807, 2.05) is 37.3 Å². The Morgan fingerprint density at radius 1 is 0.867 bits per heavy atom. The highest BCUT2D eigenvalue weighted by Crippen LogP contribution is 2.30. The predicted molar refractivity (Wildman–Crippen MR) is 119 cm³/mol. The average Bonchev–Trinajstić information content (AvgIpc) is 2.75. The molecule has 1 amide bonds. The van der Waals surface area contributed by atoms with Gasteiger partial charge in [-0.2, -0.15) is 0 Å². The van der Waals surface area contributed by atoms with Gasteiger partial charge in [0, 0.05) is 10.6 Å². The smallest absolute Gasteiger partial charge is 0.255 e. The minimum absolute atomic E-state index is 0.332. The van der Waals surface area contributed by atoms with Crippen LogP contribution in [-0.4, -0.2) is 25.7 Å². The second-order valence-electron chi connectivity index (χ2n) is 6.18. The van der Waals surface area contributed by atoms with E-state index in [4.69, 9.17) is 37.4 Å². The lowest BCUT2D eigenvalue weighted by Crippen LogP contribution is -2.13. The number of halogens is 2. The number of anilines is 1. The number of carbonyl (C=O) groups excluding carboxylic acids is 1. The fourth-order valence-electron chi connectivity index (χ4n) is 2.65. The van der Waals surface area contributed by atoms with E-state index in [1.54, 1.807) is 36.4 Å². The van der Waals surface area contributed by atoms with Crippen LogP contribution in [0, 0.1) is 0 Å². The van der Waals surface area contributed by atoms with Crippen molar-refractivity contribution in [3.63, 3.8) is 0 Å². The van der Waals surface area contributed by atoms with Crippen molar-refractivity contribution in [3.8, 4) is 17.2 Å². The van der Waals surface area contributed by atoms with Crippen LogP contribution in [-0.2, 0) is 0 Å². The van der Waals surface area contributed by atoms with Gasteiger partial charge in [0.25, 0.3) is 5.91 Å². The first-order chi connectivity index (χ1) is 14.6. The van der Waals surface area contributed by atoms with Crippen molar-refractivity contribution < 1.29 is 19.0 Å². The molecule has 0 heterocycles. The summed E-state index contributed by atoms with van der Waals surface area (Å²) in [5.41, 5.74) is 0.841. The van der Waals surface area contributed by atoms with E-state index >= 15 is 0 Å². The van der Waals surface area contributed by atoms with Crippen LogP contribution in [0.25, 0.3) is 0 Å². The molecule has 0 atom stereocenters. The van der Waals surface area contributed by atoms with Gasteiger partial charge in [-0.1, -0.05) is 41.4 Å². The lowest BCUT2D eigenvalue weighted by molar-refractivity contribution is 0.102. The number of carbonyl (C=O) groups is 1. The number of rotatable bonds is 9. The highest BCUT2D eigenvalue weighted by atomic mass is 35.5. The summed E-state index contributed by atoms with van der Waals surface area (Å²) in [7, 11) is 0. The van der Waals surface area contributed by atoms with Crippen molar-refractivity contribution >= 4 is 34.8 Å².